The van der Waals surface area contributed by atoms with Crippen molar-refractivity contribution in [3.63, 3.8) is 0 Å². The number of oxime groups is 1. The number of nitrogens with zero attached hydrogens (tertiary/aromatic N) is 1. The van der Waals surface area contributed by atoms with E-state index in [4.69, 9.17) is 4.84 Å². The number of rotatable bonds is 3. The van der Waals surface area contributed by atoms with Crippen LogP contribution in [0.3, 0.4) is 0 Å². The van der Waals surface area contributed by atoms with Crippen LogP contribution >= 0.6 is 15.9 Å². The number of ketones is 1. The zero-order chi connectivity index (χ0) is 16.3. The van der Waals surface area contributed by atoms with E-state index >= 15 is 0 Å². The molecule has 5 heteroatoms. The van der Waals surface area contributed by atoms with E-state index in [1.165, 1.54) is 6.08 Å². The average molecular weight is 362 g/mol. The van der Waals surface area contributed by atoms with Gasteiger partial charge in [-0.2, -0.15) is 0 Å². The molecule has 0 radical (unpaired) electrons. The minimum absolute atomic E-state index is 0.0225. The van der Waals surface area contributed by atoms with Crippen molar-refractivity contribution < 1.29 is 14.4 Å². The van der Waals surface area contributed by atoms with Crippen LogP contribution in [-0.4, -0.2) is 17.5 Å². The van der Waals surface area contributed by atoms with Crippen LogP contribution in [0.1, 0.15) is 31.1 Å². The summed E-state index contributed by atoms with van der Waals surface area (Å²) < 4.78 is 0.879. The highest BCUT2D eigenvalue weighted by atomic mass is 79.9. The fourth-order valence-corrected chi connectivity index (χ4v) is 2.23. The molecule has 0 fully saturated rings. The third-order valence-corrected chi connectivity index (χ3v) is 3.79. The standard InChI is InChI=1S/C17H16BrNO3/c1-10(2)14-9-15(11(3)8-16(14)20)19-22-17(21)12-4-6-13(18)7-5-12/h4-10H,1-3H3/b19-15+. The third kappa shape index (κ3) is 3.80. The summed E-state index contributed by atoms with van der Waals surface area (Å²) in [5, 5.41) is 3.89. The summed E-state index contributed by atoms with van der Waals surface area (Å²) in [7, 11) is 0. The van der Waals surface area contributed by atoms with Crippen molar-refractivity contribution >= 4 is 33.4 Å². The molecule has 1 aromatic carbocycles. The molecule has 0 atom stereocenters. The minimum atomic E-state index is -0.538. The van der Waals surface area contributed by atoms with Crippen LogP contribution in [0, 0.1) is 5.92 Å². The molecule has 0 spiro atoms. The van der Waals surface area contributed by atoms with Crippen LogP contribution in [-0.2, 0) is 9.63 Å². The first kappa shape index (κ1) is 16.4. The molecule has 0 N–H and O–H groups in total. The summed E-state index contributed by atoms with van der Waals surface area (Å²) in [4.78, 5) is 28.8. The van der Waals surface area contributed by atoms with E-state index in [0.717, 1.165) is 4.47 Å². The highest BCUT2D eigenvalue weighted by molar-refractivity contribution is 9.10. The molecule has 0 heterocycles. The Morgan fingerprint density at radius 1 is 1.18 bits per heavy atom. The van der Waals surface area contributed by atoms with Gasteiger partial charge in [-0.3, -0.25) is 4.79 Å². The molecule has 1 aliphatic carbocycles. The number of benzene rings is 1. The molecule has 22 heavy (non-hydrogen) atoms. The molecule has 114 valence electrons. The maximum absolute atomic E-state index is 11.9. The lowest BCUT2D eigenvalue weighted by molar-refractivity contribution is -0.111. The van der Waals surface area contributed by atoms with E-state index in [9.17, 15) is 9.59 Å². The smallest absolute Gasteiger partial charge is 0.312 e. The van der Waals surface area contributed by atoms with Crippen molar-refractivity contribution in [2.45, 2.75) is 20.8 Å². The van der Waals surface area contributed by atoms with Crippen LogP contribution in [0.25, 0.3) is 0 Å². The van der Waals surface area contributed by atoms with Crippen molar-refractivity contribution in [3.05, 3.63) is 57.6 Å². The summed E-state index contributed by atoms with van der Waals surface area (Å²) in [6.07, 6.45) is 3.19. The van der Waals surface area contributed by atoms with E-state index in [1.54, 1.807) is 37.3 Å². The van der Waals surface area contributed by atoms with Crippen LogP contribution in [0.4, 0.5) is 0 Å². The van der Waals surface area contributed by atoms with Crippen LogP contribution in [0.5, 0.6) is 0 Å². The van der Waals surface area contributed by atoms with Gasteiger partial charge in [0.15, 0.2) is 5.78 Å². The van der Waals surface area contributed by atoms with Gasteiger partial charge in [0, 0.05) is 10.0 Å². The van der Waals surface area contributed by atoms with E-state index < -0.39 is 5.97 Å². The molecule has 0 aliphatic heterocycles. The second-order valence-corrected chi connectivity index (χ2v) is 6.22. The zero-order valence-electron chi connectivity index (χ0n) is 12.6. The normalized spacial score (nSPS) is 16.6. The van der Waals surface area contributed by atoms with E-state index in [1.807, 2.05) is 13.8 Å². The quantitative estimate of drug-likeness (QED) is 0.463. The predicted octanol–water partition coefficient (Wildman–Crippen LogP) is 4.07. The molecule has 4 nitrogen and oxygen atoms in total. The van der Waals surface area contributed by atoms with E-state index in [2.05, 4.69) is 21.1 Å². The maximum Gasteiger partial charge on any atom is 0.365 e. The van der Waals surface area contributed by atoms with E-state index in [-0.39, 0.29) is 11.7 Å². The van der Waals surface area contributed by atoms with Crippen molar-refractivity contribution in [2.75, 3.05) is 0 Å². The highest BCUT2D eigenvalue weighted by Gasteiger charge is 2.19. The predicted molar refractivity (Wildman–Crippen MR) is 88.7 cm³/mol. The summed E-state index contributed by atoms with van der Waals surface area (Å²) in [5.41, 5.74) is 2.24. The molecule has 2 rings (SSSR count). The maximum atomic E-state index is 11.9. The Labute approximate surface area is 137 Å². The molecule has 0 unspecified atom stereocenters. The zero-order valence-corrected chi connectivity index (χ0v) is 14.2. The fourth-order valence-electron chi connectivity index (χ4n) is 1.97. The molecule has 1 aromatic rings. The Hall–Kier alpha value is -2.01. The number of carbonyl (C=O) groups excluding carboxylic acids is 2. The Bertz CT molecular complexity index is 697. The second-order valence-electron chi connectivity index (χ2n) is 5.31. The first-order chi connectivity index (χ1) is 10.4. The summed E-state index contributed by atoms with van der Waals surface area (Å²) in [5.74, 6) is -0.473. The lowest BCUT2D eigenvalue weighted by Gasteiger charge is -2.14. The Morgan fingerprint density at radius 2 is 1.82 bits per heavy atom. The number of allylic oxidation sites excluding steroid dienone is 4. The Morgan fingerprint density at radius 3 is 2.41 bits per heavy atom. The number of hydrogen-bond acceptors (Lipinski definition) is 4. The average Bonchev–Trinajstić information content (AvgIpc) is 2.46. The summed E-state index contributed by atoms with van der Waals surface area (Å²) >= 11 is 3.30. The van der Waals surface area contributed by atoms with Gasteiger partial charge in [0.05, 0.1) is 5.56 Å². The lowest BCUT2D eigenvalue weighted by Crippen LogP contribution is -2.16. The number of hydrogen-bond donors (Lipinski definition) is 0. The van der Waals surface area contributed by atoms with Crippen molar-refractivity contribution in [3.8, 4) is 0 Å². The van der Waals surface area contributed by atoms with Gasteiger partial charge in [-0.05, 0) is 54.8 Å². The van der Waals surface area contributed by atoms with Gasteiger partial charge in [-0.15, -0.1) is 0 Å². The first-order valence-corrected chi connectivity index (χ1v) is 7.67. The van der Waals surface area contributed by atoms with Crippen LogP contribution < -0.4 is 0 Å². The van der Waals surface area contributed by atoms with Gasteiger partial charge in [-0.25, -0.2) is 4.79 Å². The molecule has 0 saturated carbocycles. The number of halogens is 1. The largest absolute Gasteiger partial charge is 0.365 e. The van der Waals surface area contributed by atoms with Gasteiger partial charge < -0.3 is 4.84 Å². The van der Waals surface area contributed by atoms with Gasteiger partial charge in [0.2, 0.25) is 0 Å². The Kier molecular flexibility index (Phi) is 5.08. The Balaban J connectivity index is 2.18. The van der Waals surface area contributed by atoms with Gasteiger partial charge in [0.1, 0.15) is 5.71 Å². The van der Waals surface area contributed by atoms with E-state index in [0.29, 0.717) is 22.4 Å². The molecule has 1 aliphatic rings. The first-order valence-electron chi connectivity index (χ1n) is 6.88. The van der Waals surface area contributed by atoms with Crippen molar-refractivity contribution in [1.82, 2.24) is 0 Å². The molecular formula is C17H16BrNO3. The minimum Gasteiger partial charge on any atom is -0.312 e. The third-order valence-electron chi connectivity index (χ3n) is 3.26. The number of carbonyl (C=O) groups is 2. The molecule has 0 saturated heterocycles. The topological polar surface area (TPSA) is 55.7 Å². The summed E-state index contributed by atoms with van der Waals surface area (Å²) in [6.45, 7) is 5.63. The fraction of sp³-hybridized carbons (Fsp3) is 0.235. The highest BCUT2D eigenvalue weighted by Crippen LogP contribution is 2.19. The lowest BCUT2D eigenvalue weighted by atomic mass is 9.90. The second kappa shape index (κ2) is 6.83. The van der Waals surface area contributed by atoms with Crippen LogP contribution in [0.15, 0.2) is 57.2 Å². The molecule has 0 amide bonds. The van der Waals surface area contributed by atoms with Crippen molar-refractivity contribution in [2.24, 2.45) is 11.1 Å². The molecule has 0 bridgehead atoms. The van der Waals surface area contributed by atoms with Gasteiger partial charge >= 0.3 is 5.97 Å². The molecular weight excluding hydrogens is 346 g/mol. The van der Waals surface area contributed by atoms with Gasteiger partial charge in [0.25, 0.3) is 0 Å². The summed E-state index contributed by atoms with van der Waals surface area (Å²) in [6, 6.07) is 6.81. The van der Waals surface area contributed by atoms with Crippen molar-refractivity contribution in [1.29, 1.82) is 0 Å². The SMILES string of the molecule is CC1=CC(=O)C(C(C)C)=C/C1=N\OC(=O)c1ccc(Br)cc1. The van der Waals surface area contributed by atoms with Crippen LogP contribution in [0.2, 0.25) is 0 Å². The monoisotopic (exact) mass is 361 g/mol. The molecule has 0 aromatic heterocycles. The van der Waals surface area contributed by atoms with Gasteiger partial charge in [-0.1, -0.05) is 34.9 Å².